The average molecular weight is 265 g/mol. The lowest BCUT2D eigenvalue weighted by atomic mass is 10.2. The number of nitro benzene ring substituents is 1. The summed E-state index contributed by atoms with van der Waals surface area (Å²) in [5.74, 6) is -0.387. The predicted octanol–water partition coefficient (Wildman–Crippen LogP) is 0.579. The highest BCUT2D eigenvalue weighted by atomic mass is 16.6. The van der Waals surface area contributed by atoms with E-state index in [-0.39, 0.29) is 18.0 Å². The van der Waals surface area contributed by atoms with Crippen LogP contribution in [0.15, 0.2) is 24.3 Å². The fourth-order valence-corrected chi connectivity index (χ4v) is 1.65. The van der Waals surface area contributed by atoms with Crippen LogP contribution in [0.4, 0.5) is 5.69 Å². The van der Waals surface area contributed by atoms with Crippen LogP contribution in [0.5, 0.6) is 5.75 Å². The number of nitrogens with two attached hydrogens (primary N) is 1. The quantitative estimate of drug-likeness (QED) is 0.554. The first-order chi connectivity index (χ1) is 9.08. The molecule has 1 aliphatic rings. The SMILES string of the molecule is NC(=O)C(COc1ccccc1[N+](=O)[O-])NC1CC1. The van der Waals surface area contributed by atoms with E-state index in [2.05, 4.69) is 5.32 Å². The molecule has 0 spiro atoms. The molecule has 102 valence electrons. The first-order valence-corrected chi connectivity index (χ1v) is 5.99. The van der Waals surface area contributed by atoms with Crippen molar-refractivity contribution in [2.75, 3.05) is 6.61 Å². The van der Waals surface area contributed by atoms with E-state index < -0.39 is 16.9 Å². The number of hydrogen-bond acceptors (Lipinski definition) is 5. The summed E-state index contributed by atoms with van der Waals surface area (Å²) in [6.07, 6.45) is 2.02. The van der Waals surface area contributed by atoms with E-state index in [1.807, 2.05) is 0 Å². The van der Waals surface area contributed by atoms with Gasteiger partial charge in [-0.2, -0.15) is 0 Å². The average Bonchev–Trinajstić information content (AvgIpc) is 3.18. The van der Waals surface area contributed by atoms with Crippen molar-refractivity contribution >= 4 is 11.6 Å². The number of nitrogens with zero attached hydrogens (tertiary/aromatic N) is 1. The van der Waals surface area contributed by atoms with Crippen LogP contribution in [0.3, 0.4) is 0 Å². The number of rotatable bonds is 7. The monoisotopic (exact) mass is 265 g/mol. The molecule has 0 heterocycles. The van der Waals surface area contributed by atoms with Gasteiger partial charge in [-0.25, -0.2) is 0 Å². The van der Waals surface area contributed by atoms with Crippen molar-refractivity contribution in [3.8, 4) is 5.75 Å². The van der Waals surface area contributed by atoms with Crippen LogP contribution >= 0.6 is 0 Å². The summed E-state index contributed by atoms with van der Waals surface area (Å²) in [6.45, 7) is -0.0172. The number of benzene rings is 1. The second-order valence-corrected chi connectivity index (χ2v) is 4.43. The van der Waals surface area contributed by atoms with Crippen LogP contribution < -0.4 is 15.8 Å². The van der Waals surface area contributed by atoms with Crippen molar-refractivity contribution in [1.29, 1.82) is 0 Å². The molecule has 19 heavy (non-hydrogen) atoms. The normalized spacial score (nSPS) is 15.8. The Bertz CT molecular complexity index is 488. The highest BCUT2D eigenvalue weighted by Gasteiger charge is 2.28. The zero-order valence-corrected chi connectivity index (χ0v) is 10.2. The van der Waals surface area contributed by atoms with E-state index >= 15 is 0 Å². The first-order valence-electron chi connectivity index (χ1n) is 5.99. The van der Waals surface area contributed by atoms with Gasteiger partial charge in [0.15, 0.2) is 5.75 Å². The lowest BCUT2D eigenvalue weighted by Gasteiger charge is -2.15. The van der Waals surface area contributed by atoms with Gasteiger partial charge in [0.05, 0.1) is 4.92 Å². The number of primary amides is 1. The third kappa shape index (κ3) is 3.65. The van der Waals surface area contributed by atoms with Crippen molar-refractivity contribution in [2.45, 2.75) is 24.9 Å². The van der Waals surface area contributed by atoms with Gasteiger partial charge < -0.3 is 15.8 Å². The lowest BCUT2D eigenvalue weighted by Crippen LogP contribution is -2.46. The molecule has 0 saturated heterocycles. The molecule has 1 saturated carbocycles. The van der Waals surface area contributed by atoms with Gasteiger partial charge in [-0.05, 0) is 18.9 Å². The summed E-state index contributed by atoms with van der Waals surface area (Å²) in [4.78, 5) is 21.5. The second kappa shape index (κ2) is 5.66. The topological polar surface area (TPSA) is 107 Å². The number of ether oxygens (including phenoxy) is 1. The van der Waals surface area contributed by atoms with E-state index in [9.17, 15) is 14.9 Å². The van der Waals surface area contributed by atoms with Crippen molar-refractivity contribution in [2.24, 2.45) is 5.73 Å². The van der Waals surface area contributed by atoms with Crippen molar-refractivity contribution in [1.82, 2.24) is 5.32 Å². The summed E-state index contributed by atoms with van der Waals surface area (Å²) in [5, 5.41) is 13.8. The van der Waals surface area contributed by atoms with Crippen LogP contribution in [0, 0.1) is 10.1 Å². The lowest BCUT2D eigenvalue weighted by molar-refractivity contribution is -0.385. The number of nitrogens with one attached hydrogen (secondary N) is 1. The molecule has 7 nitrogen and oxygen atoms in total. The van der Waals surface area contributed by atoms with Gasteiger partial charge in [-0.15, -0.1) is 0 Å². The fraction of sp³-hybridized carbons (Fsp3) is 0.417. The Labute approximate surface area is 109 Å². The summed E-state index contributed by atoms with van der Waals surface area (Å²) in [5.41, 5.74) is 5.13. The Hall–Kier alpha value is -2.15. The minimum Gasteiger partial charge on any atom is -0.485 e. The molecule has 1 aliphatic carbocycles. The van der Waals surface area contributed by atoms with Crippen molar-refractivity contribution in [3.63, 3.8) is 0 Å². The number of carbonyl (C=O) groups excluding carboxylic acids is 1. The van der Waals surface area contributed by atoms with Gasteiger partial charge in [0, 0.05) is 12.1 Å². The van der Waals surface area contributed by atoms with Gasteiger partial charge >= 0.3 is 5.69 Å². The fourth-order valence-electron chi connectivity index (χ4n) is 1.65. The number of nitro groups is 1. The number of carbonyl (C=O) groups is 1. The van der Waals surface area contributed by atoms with E-state index in [4.69, 9.17) is 10.5 Å². The summed E-state index contributed by atoms with van der Waals surface area (Å²) < 4.78 is 5.35. The maximum atomic E-state index is 11.2. The number of amides is 1. The van der Waals surface area contributed by atoms with Gasteiger partial charge in [0.2, 0.25) is 5.91 Å². The molecule has 7 heteroatoms. The van der Waals surface area contributed by atoms with Gasteiger partial charge in [0.25, 0.3) is 0 Å². The Morgan fingerprint density at radius 2 is 2.21 bits per heavy atom. The summed E-state index contributed by atoms with van der Waals surface area (Å²) in [6, 6.07) is 5.70. The molecule has 2 rings (SSSR count). The van der Waals surface area contributed by atoms with Crippen molar-refractivity contribution < 1.29 is 14.5 Å². The molecule has 1 unspecified atom stereocenters. The third-order valence-corrected chi connectivity index (χ3v) is 2.83. The highest BCUT2D eigenvalue weighted by molar-refractivity contribution is 5.80. The highest BCUT2D eigenvalue weighted by Crippen LogP contribution is 2.26. The molecule has 1 atom stereocenters. The van der Waals surface area contributed by atoms with Crippen molar-refractivity contribution in [3.05, 3.63) is 34.4 Å². The van der Waals surface area contributed by atoms with E-state index in [0.29, 0.717) is 6.04 Å². The van der Waals surface area contributed by atoms with Crippen LogP contribution in [0.2, 0.25) is 0 Å². The zero-order chi connectivity index (χ0) is 13.8. The second-order valence-electron chi connectivity index (χ2n) is 4.43. The smallest absolute Gasteiger partial charge is 0.310 e. The molecule has 1 aromatic rings. The van der Waals surface area contributed by atoms with E-state index in [1.54, 1.807) is 12.1 Å². The molecule has 0 radical (unpaired) electrons. The summed E-state index contributed by atoms with van der Waals surface area (Å²) in [7, 11) is 0. The zero-order valence-electron chi connectivity index (χ0n) is 10.2. The van der Waals surface area contributed by atoms with Crippen LogP contribution in [-0.4, -0.2) is 29.5 Å². The third-order valence-electron chi connectivity index (χ3n) is 2.83. The van der Waals surface area contributed by atoms with Gasteiger partial charge in [-0.1, -0.05) is 12.1 Å². The molecule has 0 aromatic heterocycles. The molecular formula is C12H15N3O4. The largest absolute Gasteiger partial charge is 0.485 e. The molecular weight excluding hydrogens is 250 g/mol. The number of hydrogen-bond donors (Lipinski definition) is 2. The molecule has 0 bridgehead atoms. The maximum Gasteiger partial charge on any atom is 0.310 e. The van der Waals surface area contributed by atoms with Crippen LogP contribution in [-0.2, 0) is 4.79 Å². The van der Waals surface area contributed by atoms with E-state index in [0.717, 1.165) is 12.8 Å². The summed E-state index contributed by atoms with van der Waals surface area (Å²) >= 11 is 0. The Balaban J connectivity index is 1.99. The van der Waals surface area contributed by atoms with Gasteiger partial charge in [0.1, 0.15) is 12.6 Å². The van der Waals surface area contributed by atoms with Gasteiger partial charge in [-0.3, -0.25) is 14.9 Å². The van der Waals surface area contributed by atoms with Crippen LogP contribution in [0.1, 0.15) is 12.8 Å². The Morgan fingerprint density at radius 3 is 2.79 bits per heavy atom. The first kappa shape index (κ1) is 13.3. The minimum atomic E-state index is -0.632. The van der Waals surface area contributed by atoms with E-state index in [1.165, 1.54) is 12.1 Å². The Morgan fingerprint density at radius 1 is 1.53 bits per heavy atom. The number of para-hydroxylation sites is 2. The standard InChI is InChI=1S/C12H15N3O4/c13-12(16)9(14-8-5-6-8)7-19-11-4-2-1-3-10(11)15(17)18/h1-4,8-9,14H,5-7H2,(H2,13,16). The molecule has 3 N–H and O–H groups in total. The molecule has 1 aromatic carbocycles. The van der Waals surface area contributed by atoms with Crippen LogP contribution in [0.25, 0.3) is 0 Å². The maximum absolute atomic E-state index is 11.2. The Kier molecular flexibility index (Phi) is 3.96. The molecule has 1 amide bonds. The molecule has 0 aliphatic heterocycles. The minimum absolute atomic E-state index is 0.0172. The predicted molar refractivity (Wildman–Crippen MR) is 67.7 cm³/mol. The molecule has 1 fully saturated rings.